The SMILES string of the molecule is COC(=O)CCN(CC(C)C)C(=O)c1ccc(F)c(N)c1. The predicted octanol–water partition coefficient (Wildman–Crippen LogP) is 2.07. The highest BCUT2D eigenvalue weighted by Gasteiger charge is 2.19. The second-order valence-electron chi connectivity index (χ2n) is 5.21. The number of benzene rings is 1. The summed E-state index contributed by atoms with van der Waals surface area (Å²) in [6, 6.07) is 3.86. The number of nitrogen functional groups attached to an aromatic ring is 1. The molecule has 0 aliphatic carbocycles. The molecule has 0 aromatic heterocycles. The Hall–Kier alpha value is -2.11. The van der Waals surface area contributed by atoms with Gasteiger partial charge in [0.15, 0.2) is 0 Å². The number of anilines is 1. The Bertz CT molecular complexity index is 518. The smallest absolute Gasteiger partial charge is 0.307 e. The highest BCUT2D eigenvalue weighted by atomic mass is 19.1. The average molecular weight is 296 g/mol. The van der Waals surface area contributed by atoms with E-state index in [1.54, 1.807) is 4.90 Å². The van der Waals surface area contributed by atoms with Gasteiger partial charge in [-0.1, -0.05) is 13.8 Å². The topological polar surface area (TPSA) is 72.6 Å². The number of nitrogens with two attached hydrogens (primary N) is 1. The molecule has 0 aliphatic heterocycles. The van der Waals surface area contributed by atoms with Crippen LogP contribution in [0.3, 0.4) is 0 Å². The molecule has 2 N–H and O–H groups in total. The molecule has 0 atom stereocenters. The quantitative estimate of drug-likeness (QED) is 0.644. The standard InChI is InChI=1S/C15H21FN2O3/c1-10(2)9-18(7-6-14(19)21-3)15(20)11-4-5-12(16)13(17)8-11/h4-5,8,10H,6-7,9,17H2,1-3H3. The molecular weight excluding hydrogens is 275 g/mol. The number of hydrogen-bond acceptors (Lipinski definition) is 4. The summed E-state index contributed by atoms with van der Waals surface area (Å²) in [6.07, 6.45) is 0.117. The third-order valence-electron chi connectivity index (χ3n) is 2.93. The first kappa shape index (κ1) is 16.9. The number of nitrogens with zero attached hydrogens (tertiary/aromatic N) is 1. The summed E-state index contributed by atoms with van der Waals surface area (Å²) in [4.78, 5) is 25.2. The molecule has 6 heteroatoms. The molecule has 5 nitrogen and oxygen atoms in total. The van der Waals surface area contributed by atoms with Crippen molar-refractivity contribution in [1.29, 1.82) is 0 Å². The minimum atomic E-state index is -0.559. The lowest BCUT2D eigenvalue weighted by molar-refractivity contribution is -0.140. The van der Waals surface area contributed by atoms with Crippen molar-refractivity contribution in [3.63, 3.8) is 0 Å². The molecule has 21 heavy (non-hydrogen) atoms. The maximum Gasteiger partial charge on any atom is 0.307 e. The van der Waals surface area contributed by atoms with Gasteiger partial charge in [-0.25, -0.2) is 4.39 Å². The number of carbonyl (C=O) groups is 2. The lowest BCUT2D eigenvalue weighted by Gasteiger charge is -2.24. The zero-order chi connectivity index (χ0) is 16.0. The van der Waals surface area contributed by atoms with Crippen molar-refractivity contribution < 1.29 is 18.7 Å². The molecule has 0 aliphatic rings. The number of amides is 1. The van der Waals surface area contributed by atoms with Gasteiger partial charge in [-0.15, -0.1) is 0 Å². The Morgan fingerprint density at radius 3 is 2.57 bits per heavy atom. The Kier molecular flexibility index (Phi) is 6.14. The van der Waals surface area contributed by atoms with Crippen molar-refractivity contribution in [3.05, 3.63) is 29.6 Å². The van der Waals surface area contributed by atoms with E-state index >= 15 is 0 Å². The van der Waals surface area contributed by atoms with E-state index in [-0.39, 0.29) is 36.4 Å². The summed E-state index contributed by atoms with van der Waals surface area (Å²) >= 11 is 0. The van der Waals surface area contributed by atoms with Gasteiger partial charge in [-0.2, -0.15) is 0 Å². The number of halogens is 1. The highest BCUT2D eigenvalue weighted by Crippen LogP contribution is 2.15. The molecule has 0 bridgehead atoms. The molecule has 1 rings (SSSR count). The van der Waals surface area contributed by atoms with Crippen molar-refractivity contribution in [3.8, 4) is 0 Å². The van der Waals surface area contributed by atoms with Crippen molar-refractivity contribution in [1.82, 2.24) is 4.90 Å². The minimum Gasteiger partial charge on any atom is -0.469 e. The van der Waals surface area contributed by atoms with Gasteiger partial charge >= 0.3 is 5.97 Å². The van der Waals surface area contributed by atoms with Crippen LogP contribution in [-0.2, 0) is 9.53 Å². The van der Waals surface area contributed by atoms with Gasteiger partial charge in [0.2, 0.25) is 0 Å². The lowest BCUT2D eigenvalue weighted by Crippen LogP contribution is -2.36. The Morgan fingerprint density at radius 2 is 2.05 bits per heavy atom. The molecule has 1 aromatic rings. The van der Waals surface area contributed by atoms with Gasteiger partial charge in [-0.3, -0.25) is 9.59 Å². The first-order valence-electron chi connectivity index (χ1n) is 6.76. The molecule has 0 radical (unpaired) electrons. The zero-order valence-corrected chi connectivity index (χ0v) is 12.6. The van der Waals surface area contributed by atoms with E-state index in [9.17, 15) is 14.0 Å². The van der Waals surface area contributed by atoms with E-state index < -0.39 is 5.82 Å². The maximum absolute atomic E-state index is 13.2. The van der Waals surface area contributed by atoms with Crippen LogP contribution in [0.5, 0.6) is 0 Å². The molecule has 0 spiro atoms. The van der Waals surface area contributed by atoms with Crippen molar-refractivity contribution in [2.45, 2.75) is 20.3 Å². The Morgan fingerprint density at radius 1 is 1.38 bits per heavy atom. The molecular formula is C15H21FN2O3. The molecule has 0 fully saturated rings. The molecule has 0 heterocycles. The second-order valence-corrected chi connectivity index (χ2v) is 5.21. The van der Waals surface area contributed by atoms with Gasteiger partial charge in [-0.05, 0) is 24.1 Å². The van der Waals surface area contributed by atoms with Crippen LogP contribution >= 0.6 is 0 Å². The van der Waals surface area contributed by atoms with E-state index in [1.807, 2.05) is 13.8 Å². The summed E-state index contributed by atoms with van der Waals surface area (Å²) in [5, 5.41) is 0. The first-order chi connectivity index (χ1) is 9.85. The summed E-state index contributed by atoms with van der Waals surface area (Å²) in [6.45, 7) is 4.68. The van der Waals surface area contributed by atoms with Gasteiger partial charge in [0, 0.05) is 18.7 Å². The molecule has 0 saturated carbocycles. The number of rotatable bonds is 6. The normalized spacial score (nSPS) is 10.5. The van der Waals surface area contributed by atoms with E-state index in [0.717, 1.165) is 6.07 Å². The fourth-order valence-electron chi connectivity index (χ4n) is 1.90. The van der Waals surface area contributed by atoms with Crippen LogP contribution in [0.4, 0.5) is 10.1 Å². The summed E-state index contributed by atoms with van der Waals surface area (Å²) in [7, 11) is 1.30. The summed E-state index contributed by atoms with van der Waals surface area (Å²) in [5.74, 6) is -0.976. The van der Waals surface area contributed by atoms with Crippen molar-refractivity contribution in [2.75, 3.05) is 25.9 Å². The number of ether oxygens (including phenoxy) is 1. The van der Waals surface area contributed by atoms with Gasteiger partial charge in [0.25, 0.3) is 5.91 Å². The maximum atomic E-state index is 13.2. The third kappa shape index (κ3) is 5.06. The number of methoxy groups -OCH3 is 1. The molecule has 1 amide bonds. The largest absolute Gasteiger partial charge is 0.469 e. The number of esters is 1. The minimum absolute atomic E-state index is 0.0710. The van der Waals surface area contributed by atoms with E-state index in [2.05, 4.69) is 4.74 Å². The number of hydrogen-bond donors (Lipinski definition) is 1. The van der Waals surface area contributed by atoms with Crippen molar-refractivity contribution >= 4 is 17.6 Å². The fraction of sp³-hybridized carbons (Fsp3) is 0.467. The number of carbonyl (C=O) groups excluding carboxylic acids is 2. The molecule has 116 valence electrons. The molecule has 1 aromatic carbocycles. The third-order valence-corrected chi connectivity index (χ3v) is 2.93. The second kappa shape index (κ2) is 7.61. The van der Waals surface area contributed by atoms with Crippen LogP contribution in [0.1, 0.15) is 30.6 Å². The monoisotopic (exact) mass is 296 g/mol. The van der Waals surface area contributed by atoms with Gasteiger partial charge in [0.05, 0.1) is 19.2 Å². The Balaban J connectivity index is 2.87. The van der Waals surface area contributed by atoms with Gasteiger partial charge in [0.1, 0.15) is 5.82 Å². The van der Waals surface area contributed by atoms with Crippen molar-refractivity contribution in [2.24, 2.45) is 5.92 Å². The average Bonchev–Trinajstić information content (AvgIpc) is 2.44. The first-order valence-corrected chi connectivity index (χ1v) is 6.76. The fourth-order valence-corrected chi connectivity index (χ4v) is 1.90. The van der Waals surface area contributed by atoms with E-state index in [4.69, 9.17) is 5.73 Å². The zero-order valence-electron chi connectivity index (χ0n) is 12.6. The van der Waals surface area contributed by atoms with Crippen LogP contribution in [-0.4, -0.2) is 37.0 Å². The van der Waals surface area contributed by atoms with Gasteiger partial charge < -0.3 is 15.4 Å². The summed E-state index contributed by atoms with van der Waals surface area (Å²) in [5.41, 5.74) is 5.72. The van der Waals surface area contributed by atoms with E-state index in [0.29, 0.717) is 12.1 Å². The van der Waals surface area contributed by atoms with Crippen LogP contribution in [0.15, 0.2) is 18.2 Å². The lowest BCUT2D eigenvalue weighted by atomic mass is 10.1. The van der Waals surface area contributed by atoms with Crippen LogP contribution in [0.25, 0.3) is 0 Å². The van der Waals surface area contributed by atoms with Crippen LogP contribution in [0, 0.1) is 11.7 Å². The Labute approximate surface area is 123 Å². The highest BCUT2D eigenvalue weighted by molar-refractivity contribution is 5.95. The molecule has 0 unspecified atom stereocenters. The van der Waals surface area contributed by atoms with Crippen LogP contribution in [0.2, 0.25) is 0 Å². The van der Waals surface area contributed by atoms with Crippen LogP contribution < -0.4 is 5.73 Å². The predicted molar refractivity (Wildman–Crippen MR) is 78.2 cm³/mol. The summed E-state index contributed by atoms with van der Waals surface area (Å²) < 4.78 is 17.7. The molecule has 0 saturated heterocycles. The van der Waals surface area contributed by atoms with E-state index in [1.165, 1.54) is 19.2 Å².